The Kier molecular flexibility index (Phi) is 5.46. The monoisotopic (exact) mass is 384 g/mol. The number of fused-ring (bicyclic) bond motifs is 1. The van der Waals surface area contributed by atoms with Crippen molar-refractivity contribution in [1.29, 1.82) is 0 Å². The number of benzene rings is 1. The summed E-state index contributed by atoms with van der Waals surface area (Å²) in [5.74, 6) is 0.904. The molecule has 0 saturated carbocycles. The highest BCUT2D eigenvalue weighted by atomic mass is 16.5. The first-order valence-corrected chi connectivity index (χ1v) is 10.7. The van der Waals surface area contributed by atoms with Gasteiger partial charge in [-0.05, 0) is 64.0 Å². The molecule has 28 heavy (non-hydrogen) atoms. The average Bonchev–Trinajstić information content (AvgIpc) is 2.71. The van der Waals surface area contributed by atoms with E-state index in [4.69, 9.17) is 4.74 Å². The van der Waals surface area contributed by atoms with E-state index in [1.165, 1.54) is 0 Å². The Morgan fingerprint density at radius 2 is 1.86 bits per heavy atom. The summed E-state index contributed by atoms with van der Waals surface area (Å²) < 4.78 is 5.81. The maximum atomic E-state index is 13.3. The standard InChI is InChI=1S/C23H32N2O3/c1-23(2)15-18(11-14-28-23)22(27)25-12-6-9-19-16-24(13-10-20(19)25)21(26)17-7-4-3-5-8-17/h3-5,7-8,18-20H,6,9-16H2,1-2H3/t18-,19+,20-/m0/s1. The van der Waals surface area contributed by atoms with E-state index >= 15 is 0 Å². The van der Waals surface area contributed by atoms with Gasteiger partial charge in [0.1, 0.15) is 0 Å². The second-order valence-corrected chi connectivity index (χ2v) is 9.21. The molecule has 3 aliphatic rings. The quantitative estimate of drug-likeness (QED) is 0.786. The van der Waals surface area contributed by atoms with Crippen molar-refractivity contribution in [2.24, 2.45) is 11.8 Å². The lowest BCUT2D eigenvalue weighted by Crippen LogP contribution is -2.58. The van der Waals surface area contributed by atoms with Crippen molar-refractivity contribution in [2.45, 2.75) is 57.6 Å². The molecule has 1 aromatic carbocycles. The van der Waals surface area contributed by atoms with Crippen molar-refractivity contribution in [3.05, 3.63) is 35.9 Å². The van der Waals surface area contributed by atoms with Crippen molar-refractivity contribution >= 4 is 11.8 Å². The van der Waals surface area contributed by atoms with Gasteiger partial charge in [-0.15, -0.1) is 0 Å². The first kappa shape index (κ1) is 19.4. The fraction of sp³-hybridized carbons (Fsp3) is 0.652. The molecule has 1 aromatic rings. The highest BCUT2D eigenvalue weighted by Gasteiger charge is 2.42. The third-order valence-electron chi connectivity index (χ3n) is 6.71. The third-order valence-corrected chi connectivity index (χ3v) is 6.71. The Morgan fingerprint density at radius 3 is 2.61 bits per heavy atom. The zero-order chi connectivity index (χ0) is 19.7. The smallest absolute Gasteiger partial charge is 0.253 e. The first-order chi connectivity index (χ1) is 13.4. The molecule has 3 saturated heterocycles. The Balaban J connectivity index is 1.42. The summed E-state index contributed by atoms with van der Waals surface area (Å²) in [7, 11) is 0. The number of amides is 2. The molecule has 0 aliphatic carbocycles. The summed E-state index contributed by atoms with van der Waals surface area (Å²) in [5.41, 5.74) is 0.549. The van der Waals surface area contributed by atoms with Gasteiger partial charge >= 0.3 is 0 Å². The van der Waals surface area contributed by atoms with E-state index in [-0.39, 0.29) is 23.5 Å². The summed E-state index contributed by atoms with van der Waals surface area (Å²) in [6, 6.07) is 9.82. The van der Waals surface area contributed by atoms with E-state index in [0.29, 0.717) is 18.4 Å². The predicted octanol–water partition coefficient (Wildman–Crippen LogP) is 3.34. The predicted molar refractivity (Wildman–Crippen MR) is 108 cm³/mol. The van der Waals surface area contributed by atoms with Gasteiger partial charge in [-0.25, -0.2) is 0 Å². The van der Waals surface area contributed by atoms with Gasteiger partial charge in [0.2, 0.25) is 5.91 Å². The normalized spacial score (nSPS) is 29.9. The van der Waals surface area contributed by atoms with E-state index in [9.17, 15) is 9.59 Å². The molecule has 0 spiro atoms. The zero-order valence-corrected chi connectivity index (χ0v) is 17.1. The van der Waals surface area contributed by atoms with Gasteiger partial charge in [0.05, 0.1) is 5.60 Å². The van der Waals surface area contributed by atoms with Crippen LogP contribution in [0.2, 0.25) is 0 Å². The number of hydrogen-bond donors (Lipinski definition) is 0. The summed E-state index contributed by atoms with van der Waals surface area (Å²) >= 11 is 0. The SMILES string of the molecule is CC1(C)C[C@@H](C(=O)N2CCC[C@@H]3CN(C(=O)c4ccccc4)CC[C@@H]32)CCO1. The summed E-state index contributed by atoms with van der Waals surface area (Å²) in [4.78, 5) is 30.3. The van der Waals surface area contributed by atoms with E-state index in [1.54, 1.807) is 0 Å². The highest BCUT2D eigenvalue weighted by Crippen LogP contribution is 2.35. The second-order valence-electron chi connectivity index (χ2n) is 9.21. The second kappa shape index (κ2) is 7.86. The number of rotatable bonds is 2. The molecule has 0 aromatic heterocycles. The molecule has 152 valence electrons. The van der Waals surface area contributed by atoms with Crippen LogP contribution in [-0.2, 0) is 9.53 Å². The third kappa shape index (κ3) is 3.95. The van der Waals surface area contributed by atoms with Gasteiger partial charge in [-0.1, -0.05) is 18.2 Å². The van der Waals surface area contributed by atoms with E-state index in [2.05, 4.69) is 18.7 Å². The van der Waals surface area contributed by atoms with Crippen LogP contribution in [0.15, 0.2) is 30.3 Å². The summed E-state index contributed by atoms with van der Waals surface area (Å²) in [6.07, 6.45) is 4.66. The lowest BCUT2D eigenvalue weighted by molar-refractivity contribution is -0.151. The van der Waals surface area contributed by atoms with E-state index in [0.717, 1.165) is 57.3 Å². The molecule has 3 atom stereocenters. The lowest BCUT2D eigenvalue weighted by atomic mass is 9.81. The van der Waals surface area contributed by atoms with Gasteiger partial charge in [-0.2, -0.15) is 0 Å². The number of carbonyl (C=O) groups is 2. The minimum atomic E-state index is -0.209. The molecular formula is C23H32N2O3. The molecule has 4 rings (SSSR count). The number of hydrogen-bond acceptors (Lipinski definition) is 3. The molecule has 5 heteroatoms. The molecule has 3 heterocycles. The van der Waals surface area contributed by atoms with Gasteiger partial charge in [0, 0.05) is 43.8 Å². The van der Waals surface area contributed by atoms with Crippen LogP contribution in [0, 0.1) is 11.8 Å². The molecule has 0 radical (unpaired) electrons. The molecule has 0 N–H and O–H groups in total. The Morgan fingerprint density at radius 1 is 1.07 bits per heavy atom. The van der Waals surface area contributed by atoms with Crippen LogP contribution >= 0.6 is 0 Å². The minimum absolute atomic E-state index is 0.0754. The Hall–Kier alpha value is -1.88. The molecule has 3 aliphatic heterocycles. The topological polar surface area (TPSA) is 49.9 Å². The number of carbonyl (C=O) groups excluding carboxylic acids is 2. The lowest BCUT2D eigenvalue weighted by Gasteiger charge is -2.48. The van der Waals surface area contributed by atoms with Crippen molar-refractivity contribution in [1.82, 2.24) is 9.80 Å². The summed E-state index contributed by atoms with van der Waals surface area (Å²) in [6.45, 7) is 7.20. The number of ether oxygens (including phenoxy) is 1. The largest absolute Gasteiger partial charge is 0.376 e. The van der Waals surface area contributed by atoms with Crippen molar-refractivity contribution in [3.63, 3.8) is 0 Å². The van der Waals surface area contributed by atoms with Crippen LogP contribution in [0.3, 0.4) is 0 Å². The van der Waals surface area contributed by atoms with Gasteiger partial charge in [0.25, 0.3) is 5.91 Å². The van der Waals surface area contributed by atoms with Crippen LogP contribution in [0.1, 0.15) is 56.3 Å². The van der Waals surface area contributed by atoms with E-state index < -0.39 is 0 Å². The van der Waals surface area contributed by atoms with Crippen molar-refractivity contribution in [2.75, 3.05) is 26.2 Å². The number of nitrogens with zero attached hydrogens (tertiary/aromatic N) is 2. The average molecular weight is 385 g/mol. The molecule has 2 amide bonds. The molecule has 0 bridgehead atoms. The van der Waals surface area contributed by atoms with Gasteiger partial charge in [-0.3, -0.25) is 9.59 Å². The Bertz CT molecular complexity index is 718. The molecule has 5 nitrogen and oxygen atoms in total. The van der Waals surface area contributed by atoms with Crippen LogP contribution in [0.4, 0.5) is 0 Å². The summed E-state index contributed by atoms with van der Waals surface area (Å²) in [5, 5.41) is 0. The van der Waals surface area contributed by atoms with Crippen LogP contribution in [-0.4, -0.2) is 59.5 Å². The Labute approximate surface area is 168 Å². The fourth-order valence-corrected chi connectivity index (χ4v) is 5.30. The van der Waals surface area contributed by atoms with Gasteiger partial charge in [0.15, 0.2) is 0 Å². The molecule has 3 fully saturated rings. The number of piperidine rings is 2. The van der Waals surface area contributed by atoms with E-state index in [1.807, 2.05) is 35.2 Å². The number of likely N-dealkylation sites (tertiary alicyclic amines) is 2. The fourth-order valence-electron chi connectivity index (χ4n) is 5.30. The first-order valence-electron chi connectivity index (χ1n) is 10.7. The van der Waals surface area contributed by atoms with Crippen LogP contribution < -0.4 is 0 Å². The zero-order valence-electron chi connectivity index (χ0n) is 17.1. The maximum absolute atomic E-state index is 13.3. The highest BCUT2D eigenvalue weighted by molar-refractivity contribution is 5.94. The van der Waals surface area contributed by atoms with Gasteiger partial charge < -0.3 is 14.5 Å². The molecule has 0 unspecified atom stereocenters. The maximum Gasteiger partial charge on any atom is 0.253 e. The van der Waals surface area contributed by atoms with Crippen molar-refractivity contribution in [3.8, 4) is 0 Å². The van der Waals surface area contributed by atoms with Crippen LogP contribution in [0.25, 0.3) is 0 Å². The van der Waals surface area contributed by atoms with Crippen LogP contribution in [0.5, 0.6) is 0 Å². The minimum Gasteiger partial charge on any atom is -0.376 e. The molecular weight excluding hydrogens is 352 g/mol. The van der Waals surface area contributed by atoms with Crippen molar-refractivity contribution < 1.29 is 14.3 Å².